The highest BCUT2D eigenvalue weighted by molar-refractivity contribution is 6.30. The number of nitrogens with zero attached hydrogens (tertiary/aromatic N) is 1. The number of rotatable bonds is 4. The molecule has 0 unspecified atom stereocenters. The van der Waals surface area contributed by atoms with Gasteiger partial charge in [-0.25, -0.2) is 9.78 Å². The van der Waals surface area contributed by atoms with Gasteiger partial charge in [-0.05, 0) is 29.8 Å². The van der Waals surface area contributed by atoms with Crippen molar-refractivity contribution >= 4 is 29.7 Å². The van der Waals surface area contributed by atoms with E-state index >= 15 is 0 Å². The van der Waals surface area contributed by atoms with Gasteiger partial charge in [0.05, 0.1) is 12.7 Å². The van der Waals surface area contributed by atoms with Crippen LogP contribution in [0.15, 0.2) is 36.5 Å². The molecule has 1 heterocycles. The van der Waals surface area contributed by atoms with Crippen LogP contribution in [0.4, 0.5) is 0 Å². The van der Waals surface area contributed by atoms with Crippen LogP contribution in [0.3, 0.4) is 0 Å². The first-order valence-corrected chi connectivity index (χ1v) is 6.19. The van der Waals surface area contributed by atoms with Gasteiger partial charge in [-0.15, -0.1) is 0 Å². The van der Waals surface area contributed by atoms with E-state index in [0.717, 1.165) is 5.56 Å². The van der Waals surface area contributed by atoms with Crippen molar-refractivity contribution in [2.24, 2.45) is 0 Å². The number of hydrogen-bond donors (Lipinski definition) is 1. The van der Waals surface area contributed by atoms with Gasteiger partial charge >= 0.3 is 5.97 Å². The Balaban J connectivity index is 2.33. The van der Waals surface area contributed by atoms with Gasteiger partial charge in [0.1, 0.15) is 0 Å². The summed E-state index contributed by atoms with van der Waals surface area (Å²) < 4.78 is 5.11. The summed E-state index contributed by atoms with van der Waals surface area (Å²) in [5.74, 6) is -0.651. The fourth-order valence-corrected chi connectivity index (χ4v) is 1.76. The number of ether oxygens (including phenoxy) is 1. The van der Waals surface area contributed by atoms with Gasteiger partial charge in [0.25, 0.3) is 0 Å². The molecule has 0 radical (unpaired) electrons. The molecule has 0 aliphatic carbocycles. The van der Waals surface area contributed by atoms with E-state index in [-0.39, 0.29) is 5.56 Å². The molecular weight excluding hydrogens is 278 g/mol. The van der Waals surface area contributed by atoms with Crippen molar-refractivity contribution in [2.75, 3.05) is 7.11 Å². The molecule has 0 aliphatic heterocycles. The molecule has 1 N–H and O–H groups in total. The molecule has 102 valence electrons. The lowest BCUT2D eigenvalue weighted by atomic mass is 10.1. The van der Waals surface area contributed by atoms with E-state index in [2.05, 4.69) is 4.98 Å². The molecule has 0 spiro atoms. The second kappa shape index (κ2) is 6.21. The van der Waals surface area contributed by atoms with E-state index in [0.29, 0.717) is 16.5 Å². The summed E-state index contributed by atoms with van der Waals surface area (Å²) in [7, 11) is 1.49. The number of aromatic carboxylic acids is 1. The Hall–Kier alpha value is -2.33. The third-order valence-electron chi connectivity index (χ3n) is 2.64. The van der Waals surface area contributed by atoms with Crippen molar-refractivity contribution in [2.45, 2.75) is 0 Å². The number of hydrogen-bond acceptors (Lipinski definition) is 3. The van der Waals surface area contributed by atoms with Crippen LogP contribution in [0.2, 0.25) is 5.02 Å². The maximum atomic E-state index is 10.9. The summed E-state index contributed by atoms with van der Waals surface area (Å²) in [5.41, 5.74) is 1.65. The van der Waals surface area contributed by atoms with Gasteiger partial charge in [0.15, 0.2) is 0 Å². The Labute approximate surface area is 121 Å². The lowest BCUT2D eigenvalue weighted by Gasteiger charge is -2.04. The zero-order valence-electron chi connectivity index (χ0n) is 10.7. The zero-order chi connectivity index (χ0) is 14.5. The normalized spacial score (nSPS) is 10.7. The Bertz CT molecular complexity index is 651. The lowest BCUT2D eigenvalue weighted by molar-refractivity contribution is 0.0696. The fraction of sp³-hybridized carbons (Fsp3) is 0.0667. The molecule has 0 atom stereocenters. The molecule has 20 heavy (non-hydrogen) atoms. The van der Waals surface area contributed by atoms with Crippen molar-refractivity contribution < 1.29 is 14.6 Å². The summed E-state index contributed by atoms with van der Waals surface area (Å²) in [6.07, 6.45) is 4.85. The minimum Gasteiger partial charge on any atom is -0.481 e. The number of carboxylic acid groups (broad SMARTS) is 1. The Kier molecular flexibility index (Phi) is 4.38. The first-order valence-electron chi connectivity index (χ1n) is 5.81. The van der Waals surface area contributed by atoms with Crippen molar-refractivity contribution in [1.82, 2.24) is 4.98 Å². The monoisotopic (exact) mass is 289 g/mol. The van der Waals surface area contributed by atoms with Gasteiger partial charge < -0.3 is 9.84 Å². The zero-order valence-corrected chi connectivity index (χ0v) is 11.5. The number of methoxy groups -OCH3 is 1. The molecule has 1 aromatic heterocycles. The van der Waals surface area contributed by atoms with Gasteiger partial charge in [-0.3, -0.25) is 0 Å². The van der Waals surface area contributed by atoms with Crippen LogP contribution in [-0.4, -0.2) is 23.2 Å². The molecule has 2 aromatic rings. The van der Waals surface area contributed by atoms with E-state index in [1.54, 1.807) is 18.2 Å². The maximum absolute atomic E-state index is 10.9. The second-order valence-electron chi connectivity index (χ2n) is 4.01. The highest BCUT2D eigenvalue weighted by Crippen LogP contribution is 2.20. The third-order valence-corrected chi connectivity index (χ3v) is 2.90. The SMILES string of the molecule is COc1ncc(C(=O)O)cc1C=Cc1ccc(Cl)cc1. The Morgan fingerprint density at radius 3 is 2.60 bits per heavy atom. The predicted octanol–water partition coefficient (Wildman–Crippen LogP) is 3.61. The van der Waals surface area contributed by atoms with Gasteiger partial charge in [-0.1, -0.05) is 29.8 Å². The quantitative estimate of drug-likeness (QED) is 0.934. The number of halogens is 1. The van der Waals surface area contributed by atoms with Crippen LogP contribution in [0.1, 0.15) is 21.5 Å². The van der Waals surface area contributed by atoms with Crippen LogP contribution in [0.25, 0.3) is 12.2 Å². The largest absolute Gasteiger partial charge is 0.481 e. The lowest BCUT2D eigenvalue weighted by Crippen LogP contribution is -2.00. The molecule has 1 aromatic carbocycles. The summed E-state index contributed by atoms with van der Waals surface area (Å²) in [4.78, 5) is 14.9. The maximum Gasteiger partial charge on any atom is 0.337 e. The van der Waals surface area contributed by atoms with Crippen molar-refractivity contribution in [3.63, 3.8) is 0 Å². The summed E-state index contributed by atoms with van der Waals surface area (Å²) in [5, 5.41) is 9.63. The van der Waals surface area contributed by atoms with Crippen LogP contribution < -0.4 is 4.74 Å². The molecule has 4 nitrogen and oxygen atoms in total. The first kappa shape index (κ1) is 14.1. The van der Waals surface area contributed by atoms with Crippen molar-refractivity contribution in [1.29, 1.82) is 0 Å². The van der Waals surface area contributed by atoms with Crippen LogP contribution in [-0.2, 0) is 0 Å². The molecule has 2 rings (SSSR count). The molecule has 0 bridgehead atoms. The first-order chi connectivity index (χ1) is 9.60. The molecule has 0 fully saturated rings. The van der Waals surface area contributed by atoms with E-state index in [1.165, 1.54) is 19.4 Å². The van der Waals surface area contributed by atoms with Gasteiger partial charge in [0.2, 0.25) is 5.88 Å². The average molecular weight is 290 g/mol. The number of pyridine rings is 1. The van der Waals surface area contributed by atoms with E-state index in [4.69, 9.17) is 21.4 Å². The summed E-state index contributed by atoms with van der Waals surface area (Å²) in [6, 6.07) is 8.80. The second-order valence-corrected chi connectivity index (χ2v) is 4.45. The topological polar surface area (TPSA) is 59.4 Å². The third kappa shape index (κ3) is 3.36. The molecular formula is C15H12ClNO3. The summed E-state index contributed by atoms with van der Waals surface area (Å²) >= 11 is 5.81. The minimum absolute atomic E-state index is 0.113. The van der Waals surface area contributed by atoms with Crippen LogP contribution >= 0.6 is 11.6 Å². The van der Waals surface area contributed by atoms with Gasteiger partial charge in [-0.2, -0.15) is 0 Å². The highest BCUT2D eigenvalue weighted by atomic mass is 35.5. The smallest absolute Gasteiger partial charge is 0.337 e. The van der Waals surface area contributed by atoms with E-state index < -0.39 is 5.97 Å². The number of aromatic nitrogens is 1. The number of benzene rings is 1. The molecule has 0 saturated carbocycles. The molecule has 0 saturated heterocycles. The van der Waals surface area contributed by atoms with Crippen molar-refractivity contribution in [3.05, 3.63) is 58.2 Å². The highest BCUT2D eigenvalue weighted by Gasteiger charge is 2.08. The molecule has 5 heteroatoms. The standard InChI is InChI=1S/C15H12ClNO3/c1-20-14-11(8-12(9-17-14)15(18)19)5-2-10-3-6-13(16)7-4-10/h2-9H,1H3,(H,18,19). The van der Waals surface area contributed by atoms with E-state index in [1.807, 2.05) is 18.2 Å². The molecule has 0 amide bonds. The Morgan fingerprint density at radius 2 is 2.00 bits per heavy atom. The van der Waals surface area contributed by atoms with Crippen LogP contribution in [0, 0.1) is 0 Å². The average Bonchev–Trinajstić information content (AvgIpc) is 2.46. The van der Waals surface area contributed by atoms with E-state index in [9.17, 15) is 4.79 Å². The minimum atomic E-state index is -1.03. The van der Waals surface area contributed by atoms with Gasteiger partial charge in [0, 0.05) is 16.8 Å². The van der Waals surface area contributed by atoms with Crippen molar-refractivity contribution in [3.8, 4) is 5.88 Å². The number of carboxylic acids is 1. The van der Waals surface area contributed by atoms with Crippen LogP contribution in [0.5, 0.6) is 5.88 Å². The Morgan fingerprint density at radius 1 is 1.30 bits per heavy atom. The number of carbonyl (C=O) groups is 1. The fourth-order valence-electron chi connectivity index (χ4n) is 1.64. The summed E-state index contributed by atoms with van der Waals surface area (Å²) in [6.45, 7) is 0. The molecule has 0 aliphatic rings. The predicted molar refractivity (Wildman–Crippen MR) is 78.1 cm³/mol.